The van der Waals surface area contributed by atoms with Crippen LogP contribution in [-0.2, 0) is 0 Å². The molecule has 0 aromatic heterocycles. The lowest BCUT2D eigenvalue weighted by Gasteiger charge is -2.37. The lowest BCUT2D eigenvalue weighted by molar-refractivity contribution is 0.450. The minimum Gasteiger partial charge on any atom is -0.367 e. The topological polar surface area (TPSA) is 29.3 Å². The molecule has 0 spiro atoms. The summed E-state index contributed by atoms with van der Waals surface area (Å²) in [4.78, 5) is 2.47. The fourth-order valence-electron chi connectivity index (χ4n) is 2.78. The summed E-state index contributed by atoms with van der Waals surface area (Å²) in [6, 6.07) is 6.93. The van der Waals surface area contributed by atoms with Gasteiger partial charge in [-0.3, -0.25) is 0 Å². The second-order valence-corrected chi connectivity index (χ2v) is 5.66. The Bertz CT molecular complexity index is 403. The Morgan fingerprint density at radius 2 is 2.22 bits per heavy atom. The van der Waals surface area contributed by atoms with Crippen molar-refractivity contribution in [2.45, 2.75) is 51.6 Å². The first-order valence-electron chi connectivity index (χ1n) is 6.95. The average Bonchev–Trinajstić information content (AvgIpc) is 2.38. The molecule has 1 aliphatic heterocycles. The standard InChI is InChI=1S/C15H23ClN2/c1-3-13-6-4-5-9-18(13)15-8-7-12(11(2)17)10-14(15)16/h7-8,10-11,13H,3-6,9,17H2,1-2H3. The third kappa shape index (κ3) is 2.81. The highest BCUT2D eigenvalue weighted by Crippen LogP contribution is 2.33. The van der Waals surface area contributed by atoms with E-state index in [-0.39, 0.29) is 6.04 Å². The summed E-state index contributed by atoms with van der Waals surface area (Å²) in [6.45, 7) is 5.37. The Morgan fingerprint density at radius 1 is 1.44 bits per heavy atom. The molecule has 0 amide bonds. The Hall–Kier alpha value is -0.730. The van der Waals surface area contributed by atoms with Crippen LogP contribution in [0.1, 0.15) is 51.1 Å². The highest BCUT2D eigenvalue weighted by Gasteiger charge is 2.22. The molecule has 2 N–H and O–H groups in total. The molecule has 2 rings (SSSR count). The number of anilines is 1. The SMILES string of the molecule is CCC1CCCCN1c1ccc(C(C)N)cc1Cl. The second kappa shape index (κ2) is 5.94. The first kappa shape index (κ1) is 13.7. The van der Waals surface area contributed by atoms with Gasteiger partial charge < -0.3 is 10.6 Å². The quantitative estimate of drug-likeness (QED) is 0.891. The van der Waals surface area contributed by atoms with Gasteiger partial charge in [0.2, 0.25) is 0 Å². The van der Waals surface area contributed by atoms with Crippen molar-refractivity contribution in [2.24, 2.45) is 5.73 Å². The van der Waals surface area contributed by atoms with Gasteiger partial charge >= 0.3 is 0 Å². The summed E-state index contributed by atoms with van der Waals surface area (Å²) in [5.74, 6) is 0. The summed E-state index contributed by atoms with van der Waals surface area (Å²) in [5.41, 5.74) is 8.17. The molecule has 1 aromatic rings. The molecule has 0 bridgehead atoms. The molecule has 0 radical (unpaired) electrons. The lowest BCUT2D eigenvalue weighted by atomic mass is 9.98. The molecule has 3 heteroatoms. The van der Waals surface area contributed by atoms with Crippen molar-refractivity contribution < 1.29 is 0 Å². The van der Waals surface area contributed by atoms with Gasteiger partial charge in [0.25, 0.3) is 0 Å². The summed E-state index contributed by atoms with van der Waals surface area (Å²) >= 11 is 6.43. The van der Waals surface area contributed by atoms with E-state index in [9.17, 15) is 0 Å². The molecule has 100 valence electrons. The van der Waals surface area contributed by atoms with Crippen molar-refractivity contribution in [2.75, 3.05) is 11.4 Å². The number of hydrogen-bond acceptors (Lipinski definition) is 2. The van der Waals surface area contributed by atoms with Crippen LogP contribution in [-0.4, -0.2) is 12.6 Å². The normalized spacial score (nSPS) is 22.0. The zero-order chi connectivity index (χ0) is 13.1. The number of piperidine rings is 1. The van der Waals surface area contributed by atoms with Crippen LogP contribution < -0.4 is 10.6 Å². The third-order valence-electron chi connectivity index (χ3n) is 3.91. The maximum Gasteiger partial charge on any atom is 0.0642 e. The van der Waals surface area contributed by atoms with E-state index in [4.69, 9.17) is 17.3 Å². The van der Waals surface area contributed by atoms with Crippen molar-refractivity contribution in [3.05, 3.63) is 28.8 Å². The van der Waals surface area contributed by atoms with Crippen LogP contribution in [0, 0.1) is 0 Å². The molecule has 18 heavy (non-hydrogen) atoms. The molecular weight excluding hydrogens is 244 g/mol. The molecule has 0 saturated carbocycles. The zero-order valence-electron chi connectivity index (χ0n) is 11.3. The Kier molecular flexibility index (Phi) is 4.52. The van der Waals surface area contributed by atoms with Crippen molar-refractivity contribution in [1.29, 1.82) is 0 Å². The van der Waals surface area contributed by atoms with Crippen molar-refractivity contribution in [3.8, 4) is 0 Å². The van der Waals surface area contributed by atoms with Crippen molar-refractivity contribution in [1.82, 2.24) is 0 Å². The molecule has 2 atom stereocenters. The van der Waals surface area contributed by atoms with Gasteiger partial charge in [-0.05, 0) is 50.3 Å². The fraction of sp³-hybridized carbons (Fsp3) is 0.600. The first-order valence-corrected chi connectivity index (χ1v) is 7.33. The van der Waals surface area contributed by atoms with Gasteiger partial charge in [-0.2, -0.15) is 0 Å². The minimum atomic E-state index is 0.0416. The molecule has 2 unspecified atom stereocenters. The predicted octanol–water partition coefficient (Wildman–Crippen LogP) is 4.13. The summed E-state index contributed by atoms with van der Waals surface area (Å²) < 4.78 is 0. The highest BCUT2D eigenvalue weighted by atomic mass is 35.5. The van der Waals surface area contributed by atoms with E-state index in [2.05, 4.69) is 24.0 Å². The number of nitrogens with two attached hydrogens (primary N) is 1. The van der Waals surface area contributed by atoms with E-state index < -0.39 is 0 Å². The number of halogens is 1. The summed E-state index contributed by atoms with van der Waals surface area (Å²) in [7, 11) is 0. The highest BCUT2D eigenvalue weighted by molar-refractivity contribution is 6.33. The zero-order valence-corrected chi connectivity index (χ0v) is 12.1. The van der Waals surface area contributed by atoms with Crippen LogP contribution in [0.3, 0.4) is 0 Å². The molecule has 1 fully saturated rings. The van der Waals surface area contributed by atoms with Gasteiger partial charge in [-0.25, -0.2) is 0 Å². The number of rotatable bonds is 3. The van der Waals surface area contributed by atoms with Crippen LogP contribution in [0.5, 0.6) is 0 Å². The van der Waals surface area contributed by atoms with E-state index in [1.54, 1.807) is 0 Å². The molecule has 0 aliphatic carbocycles. The molecule has 1 heterocycles. The van der Waals surface area contributed by atoms with Gasteiger partial charge in [0.05, 0.1) is 10.7 Å². The third-order valence-corrected chi connectivity index (χ3v) is 4.21. The largest absolute Gasteiger partial charge is 0.367 e. The predicted molar refractivity (Wildman–Crippen MR) is 79.3 cm³/mol. The van der Waals surface area contributed by atoms with Gasteiger partial charge in [-0.15, -0.1) is 0 Å². The van der Waals surface area contributed by atoms with Gasteiger partial charge in [0.15, 0.2) is 0 Å². The molecule has 1 aromatic carbocycles. The molecule has 2 nitrogen and oxygen atoms in total. The van der Waals surface area contributed by atoms with Crippen LogP contribution in [0.2, 0.25) is 5.02 Å². The summed E-state index contributed by atoms with van der Waals surface area (Å²) in [5, 5.41) is 0.838. The number of hydrogen-bond donors (Lipinski definition) is 1. The van der Waals surface area contributed by atoms with Crippen LogP contribution in [0.4, 0.5) is 5.69 Å². The molecule has 1 aliphatic rings. The van der Waals surface area contributed by atoms with Crippen LogP contribution in [0.15, 0.2) is 18.2 Å². The lowest BCUT2D eigenvalue weighted by Crippen LogP contribution is -2.39. The smallest absolute Gasteiger partial charge is 0.0642 e. The van der Waals surface area contributed by atoms with Gasteiger partial charge in [0.1, 0.15) is 0 Å². The maximum atomic E-state index is 6.43. The van der Waals surface area contributed by atoms with Crippen molar-refractivity contribution in [3.63, 3.8) is 0 Å². The van der Waals surface area contributed by atoms with E-state index in [1.807, 2.05) is 13.0 Å². The molecular formula is C15H23ClN2. The van der Waals surface area contributed by atoms with Crippen LogP contribution >= 0.6 is 11.6 Å². The Balaban J connectivity index is 2.26. The molecule has 1 saturated heterocycles. The second-order valence-electron chi connectivity index (χ2n) is 5.25. The monoisotopic (exact) mass is 266 g/mol. The van der Waals surface area contributed by atoms with E-state index in [0.717, 1.165) is 17.1 Å². The number of nitrogens with zero attached hydrogens (tertiary/aromatic N) is 1. The van der Waals surface area contributed by atoms with E-state index in [0.29, 0.717) is 6.04 Å². The van der Waals surface area contributed by atoms with Gasteiger partial charge in [0, 0.05) is 18.6 Å². The van der Waals surface area contributed by atoms with Crippen LogP contribution in [0.25, 0.3) is 0 Å². The first-order chi connectivity index (χ1) is 8.63. The summed E-state index contributed by atoms with van der Waals surface area (Å²) in [6.07, 6.45) is 5.07. The Morgan fingerprint density at radius 3 is 2.83 bits per heavy atom. The average molecular weight is 267 g/mol. The maximum absolute atomic E-state index is 6.43. The van der Waals surface area contributed by atoms with E-state index >= 15 is 0 Å². The number of benzene rings is 1. The van der Waals surface area contributed by atoms with E-state index in [1.165, 1.54) is 31.4 Å². The van der Waals surface area contributed by atoms with Gasteiger partial charge in [-0.1, -0.05) is 24.6 Å². The van der Waals surface area contributed by atoms with Crippen molar-refractivity contribution >= 4 is 17.3 Å². The fourth-order valence-corrected chi connectivity index (χ4v) is 3.08. The minimum absolute atomic E-state index is 0.0416. The Labute approximate surface area is 115 Å².